The van der Waals surface area contributed by atoms with Crippen LogP contribution in [0.5, 0.6) is 0 Å². The molecule has 1 amide bonds. The second-order valence-electron chi connectivity index (χ2n) is 16.9. The quantitative estimate of drug-likeness (QED) is 0.0952. The van der Waals surface area contributed by atoms with E-state index < -0.39 is 52.8 Å². The summed E-state index contributed by atoms with van der Waals surface area (Å²) < 4.78 is 97.1. The first kappa shape index (κ1) is 49.2. The lowest BCUT2D eigenvalue weighted by Crippen LogP contribution is -2.47. The summed E-state index contributed by atoms with van der Waals surface area (Å²) in [6, 6.07) is 17.4. The zero-order valence-electron chi connectivity index (χ0n) is 36.0. The van der Waals surface area contributed by atoms with Crippen LogP contribution in [0.3, 0.4) is 0 Å². The van der Waals surface area contributed by atoms with Gasteiger partial charge in [0.25, 0.3) is 25.8 Å². The number of hydrogen-bond donors (Lipinski definition) is 3. The molecule has 5 rings (SSSR count). The highest BCUT2D eigenvalue weighted by Gasteiger charge is 2.48. The molecule has 0 aromatic heterocycles. The molecule has 0 unspecified atom stereocenters. The van der Waals surface area contributed by atoms with Crippen molar-refractivity contribution in [3.8, 4) is 0 Å². The molecule has 0 radical (unpaired) electrons. The number of allylic oxidation sites excluding steroid dienone is 2. The molecule has 3 N–H and O–H groups in total. The summed E-state index contributed by atoms with van der Waals surface area (Å²) in [5, 5.41) is 12.3. The second kappa shape index (κ2) is 21.2. The Morgan fingerprint density at radius 3 is 2.29 bits per heavy atom. The Morgan fingerprint density at radius 2 is 1.66 bits per heavy atom. The maximum absolute atomic E-state index is 14.1. The van der Waals surface area contributed by atoms with Crippen LogP contribution in [0.15, 0.2) is 111 Å². The van der Waals surface area contributed by atoms with Gasteiger partial charge < -0.3 is 20.2 Å². The monoisotopic (exact) mass is 919 g/mol. The first-order valence-corrected chi connectivity index (χ1v) is 24.9. The lowest BCUT2D eigenvalue weighted by Gasteiger charge is -2.39. The minimum atomic E-state index is -6.07. The molecular formula is C45H60F3N5O6S3. The molecule has 2 aliphatic rings. The largest absolute Gasteiger partial charge is 0.501 e. The smallest absolute Gasteiger partial charge is 0.395 e. The fourth-order valence-corrected chi connectivity index (χ4v) is 10.8. The second-order valence-corrected chi connectivity index (χ2v) is 21.6. The molecule has 340 valence electrons. The van der Waals surface area contributed by atoms with E-state index in [1.165, 1.54) is 40.6 Å². The third-order valence-electron chi connectivity index (χ3n) is 11.4. The van der Waals surface area contributed by atoms with E-state index in [1.54, 1.807) is 19.2 Å². The number of carbonyl (C=O) groups excluding carboxylic acids is 1. The van der Waals surface area contributed by atoms with Crippen LogP contribution in [0, 0.1) is 5.41 Å². The standard InChI is InChI=1S/C45H60F3N5O6S3/c1-6-10-33(2)40-30-44(3,4)21-19-35(40)31-52-23-25-53(26-24-52)37-15-13-34(14-16-37)43(55)50-62(58,59)39-17-18-41(42(29-39)61(56,57)45(46,47)48)49-36(20-22-51(5)27-28-54)32-60-38-11-8-7-9-12-38/h7-9,11-18,29,36,49,54H,2,6,10,19-28,30-32H2,1,3-5H3,(H,50,55)/t36-/m1/s1. The van der Waals surface area contributed by atoms with E-state index in [-0.39, 0.29) is 17.6 Å². The number of aliphatic hydroxyl groups is 1. The molecule has 1 aliphatic heterocycles. The molecule has 1 fully saturated rings. The lowest BCUT2D eigenvalue weighted by atomic mass is 9.72. The number of amides is 1. The topological polar surface area (TPSA) is 139 Å². The maximum atomic E-state index is 14.1. The lowest BCUT2D eigenvalue weighted by molar-refractivity contribution is -0.0435. The van der Waals surface area contributed by atoms with Gasteiger partial charge in [0, 0.05) is 67.2 Å². The third kappa shape index (κ3) is 13.1. The number of benzene rings is 3. The van der Waals surface area contributed by atoms with Gasteiger partial charge in [-0.25, -0.2) is 21.6 Å². The summed E-state index contributed by atoms with van der Waals surface area (Å²) in [6.45, 7) is 16.0. The number of nitrogens with zero attached hydrogens (tertiary/aromatic N) is 3. The van der Waals surface area contributed by atoms with E-state index in [9.17, 15) is 39.9 Å². The molecule has 1 heterocycles. The summed E-state index contributed by atoms with van der Waals surface area (Å²) in [5.74, 6) is -0.709. The van der Waals surface area contributed by atoms with Gasteiger partial charge in [-0.3, -0.25) is 9.69 Å². The predicted molar refractivity (Wildman–Crippen MR) is 242 cm³/mol. The Hall–Kier alpha value is -3.87. The first-order valence-electron chi connectivity index (χ1n) is 21.0. The first-order chi connectivity index (χ1) is 29.2. The maximum Gasteiger partial charge on any atom is 0.501 e. The summed E-state index contributed by atoms with van der Waals surface area (Å²) in [4.78, 5) is 18.5. The minimum absolute atomic E-state index is 0.00527. The number of rotatable bonds is 20. The molecule has 1 saturated heterocycles. The number of piperazine rings is 1. The van der Waals surface area contributed by atoms with Gasteiger partial charge in [-0.1, -0.05) is 63.1 Å². The molecule has 17 heteroatoms. The fourth-order valence-electron chi connectivity index (χ4n) is 7.76. The number of aliphatic hydroxyl groups excluding tert-OH is 1. The summed E-state index contributed by atoms with van der Waals surface area (Å²) >= 11 is 1.41. The van der Waals surface area contributed by atoms with E-state index in [0.717, 1.165) is 87.5 Å². The average Bonchev–Trinajstić information content (AvgIpc) is 3.22. The number of sulfonamides is 1. The number of alkyl halides is 3. The van der Waals surface area contributed by atoms with Crippen molar-refractivity contribution in [2.75, 3.05) is 75.4 Å². The average molecular weight is 920 g/mol. The number of thioether (sulfide) groups is 1. The predicted octanol–water partition coefficient (Wildman–Crippen LogP) is 7.97. The van der Waals surface area contributed by atoms with Crippen LogP contribution >= 0.6 is 11.8 Å². The Balaban J connectivity index is 1.28. The SMILES string of the molecule is C=C(CCC)C1=C(CN2CCN(c3ccc(C(=O)NS(=O)(=O)c4ccc(N[C@H](CCN(C)CCO)CSc5ccccc5)c(S(=O)(=O)C(F)(F)F)c4)cc3)CC2)CCC(C)(C)C1. The molecule has 1 aliphatic carbocycles. The van der Waals surface area contributed by atoms with Crippen molar-refractivity contribution in [1.29, 1.82) is 0 Å². The van der Waals surface area contributed by atoms with Crippen LogP contribution in [0.25, 0.3) is 0 Å². The third-order valence-corrected chi connectivity index (χ3v) is 15.5. The zero-order chi connectivity index (χ0) is 45.3. The molecule has 1 atom stereocenters. The van der Waals surface area contributed by atoms with Crippen molar-refractivity contribution in [2.45, 2.75) is 85.5 Å². The van der Waals surface area contributed by atoms with Crippen molar-refractivity contribution in [3.05, 3.63) is 102 Å². The van der Waals surface area contributed by atoms with Gasteiger partial charge in [0.2, 0.25) is 0 Å². The molecule has 3 aromatic rings. The number of hydrogen-bond acceptors (Lipinski definition) is 11. The molecule has 3 aromatic carbocycles. The van der Waals surface area contributed by atoms with Gasteiger partial charge in [-0.05, 0) is 111 Å². The van der Waals surface area contributed by atoms with Gasteiger partial charge in [0.1, 0.15) is 4.90 Å². The van der Waals surface area contributed by atoms with Crippen LogP contribution in [-0.2, 0) is 19.9 Å². The van der Waals surface area contributed by atoms with Gasteiger partial charge >= 0.3 is 5.51 Å². The number of likely N-dealkylation sites (N-methyl/N-ethyl adjacent to an activating group) is 1. The number of carbonyl (C=O) groups is 1. The van der Waals surface area contributed by atoms with Crippen LogP contribution in [0.4, 0.5) is 24.5 Å². The minimum Gasteiger partial charge on any atom is -0.395 e. The molecule has 0 saturated carbocycles. The van der Waals surface area contributed by atoms with Crippen molar-refractivity contribution in [1.82, 2.24) is 14.5 Å². The van der Waals surface area contributed by atoms with Gasteiger partial charge in [0.05, 0.1) is 17.2 Å². The Morgan fingerprint density at radius 1 is 0.984 bits per heavy atom. The van der Waals surface area contributed by atoms with E-state index in [2.05, 4.69) is 42.5 Å². The summed E-state index contributed by atoms with van der Waals surface area (Å²) in [5.41, 5.74) is -0.897. The Bertz CT molecular complexity index is 2260. The van der Waals surface area contributed by atoms with Crippen molar-refractivity contribution in [3.63, 3.8) is 0 Å². The molecule has 0 bridgehead atoms. The number of sulfone groups is 1. The van der Waals surface area contributed by atoms with Crippen molar-refractivity contribution < 1.29 is 39.9 Å². The highest BCUT2D eigenvalue weighted by molar-refractivity contribution is 7.99. The number of halogens is 3. The van der Waals surface area contributed by atoms with Crippen molar-refractivity contribution in [2.24, 2.45) is 5.41 Å². The summed E-state index contributed by atoms with van der Waals surface area (Å²) in [7, 11) is -9.14. The van der Waals surface area contributed by atoms with Gasteiger partial charge in [-0.2, -0.15) is 13.2 Å². The molecule has 11 nitrogen and oxygen atoms in total. The normalized spacial score (nSPS) is 17.0. The van der Waals surface area contributed by atoms with Crippen LogP contribution < -0.4 is 14.9 Å². The van der Waals surface area contributed by atoms with E-state index in [1.807, 2.05) is 40.0 Å². The Labute approximate surface area is 369 Å². The fraction of sp³-hybridized carbons (Fsp3) is 0.489. The van der Waals surface area contributed by atoms with Crippen LogP contribution in [0.1, 0.15) is 69.7 Å². The van der Waals surface area contributed by atoms with E-state index >= 15 is 0 Å². The number of nitrogens with one attached hydrogen (secondary N) is 2. The zero-order valence-corrected chi connectivity index (χ0v) is 38.5. The van der Waals surface area contributed by atoms with Gasteiger partial charge in [0.15, 0.2) is 0 Å². The van der Waals surface area contributed by atoms with Crippen LogP contribution in [-0.4, -0.2) is 114 Å². The molecule has 62 heavy (non-hydrogen) atoms. The summed E-state index contributed by atoms with van der Waals surface area (Å²) in [6.07, 6.45) is 5.69. The van der Waals surface area contributed by atoms with Gasteiger partial charge in [-0.15, -0.1) is 11.8 Å². The van der Waals surface area contributed by atoms with E-state index in [0.29, 0.717) is 31.3 Å². The highest BCUT2D eigenvalue weighted by Crippen LogP contribution is 2.42. The highest BCUT2D eigenvalue weighted by atomic mass is 32.2. The van der Waals surface area contributed by atoms with Crippen molar-refractivity contribution >= 4 is 48.9 Å². The Kier molecular flexibility index (Phi) is 16.8. The molecule has 0 spiro atoms. The van der Waals surface area contributed by atoms with E-state index in [4.69, 9.17) is 0 Å². The molecular weight excluding hydrogens is 860 g/mol. The number of anilines is 2. The van der Waals surface area contributed by atoms with Crippen LogP contribution in [0.2, 0.25) is 0 Å².